The zero-order valence-electron chi connectivity index (χ0n) is 56.9. The number of ether oxygens (including phenoxy) is 1. The van der Waals surface area contributed by atoms with E-state index in [-0.39, 0.29) is 77.1 Å². The van der Waals surface area contributed by atoms with Crippen LogP contribution in [0.4, 0.5) is 114 Å². The number of carboxylic acid groups (broad SMARTS) is 1. The highest BCUT2D eigenvalue weighted by atomic mass is 19.4. The number of rotatable bonds is 23. The van der Waals surface area contributed by atoms with Crippen LogP contribution in [0.2, 0.25) is 0 Å². The van der Waals surface area contributed by atoms with Crippen molar-refractivity contribution in [3.05, 3.63) is 141 Å². The second-order valence-corrected chi connectivity index (χ2v) is 26.4. The van der Waals surface area contributed by atoms with E-state index >= 15 is 0 Å². The molecule has 4 fully saturated rings. The third kappa shape index (κ3) is 21.1. The van der Waals surface area contributed by atoms with Crippen LogP contribution >= 0.6 is 0 Å². The maximum absolute atomic E-state index is 14.0. The Kier molecular flexibility index (Phi) is 25.4. The number of hydrogen-bond acceptors (Lipinski definition) is 15. The number of nitrogens with zero attached hydrogens (tertiary/aromatic N) is 12. The van der Waals surface area contributed by atoms with E-state index < -0.39 is 120 Å². The van der Waals surface area contributed by atoms with Crippen LogP contribution < -0.4 is 29.4 Å². The van der Waals surface area contributed by atoms with Gasteiger partial charge in [-0.05, 0) is 144 Å². The number of hydrogen-bond donors (Lipinski definition) is 1. The first-order valence-electron chi connectivity index (χ1n) is 34.1. The molecule has 0 atom stereocenters. The second-order valence-electron chi connectivity index (χ2n) is 26.4. The molecule has 1 N–H and O–H groups in total. The van der Waals surface area contributed by atoms with E-state index in [4.69, 9.17) is 4.74 Å². The predicted molar refractivity (Wildman–Crippen MR) is 349 cm³/mol. The van der Waals surface area contributed by atoms with Crippen LogP contribution in [-0.4, -0.2) is 106 Å². The van der Waals surface area contributed by atoms with Gasteiger partial charge in [0.15, 0.2) is 0 Å². The summed E-state index contributed by atoms with van der Waals surface area (Å²) in [6, 6.07) is 4.09. The molecule has 4 aliphatic rings. The van der Waals surface area contributed by atoms with Gasteiger partial charge in [-0.2, -0.15) is 79.0 Å². The molecule has 0 bridgehead atoms. The molecule has 568 valence electrons. The fourth-order valence-electron chi connectivity index (χ4n) is 13.6. The van der Waals surface area contributed by atoms with E-state index in [1.807, 2.05) is 33.4 Å². The first-order valence-corrected chi connectivity index (χ1v) is 34.1. The average Bonchev–Trinajstić information content (AvgIpc) is 0.887. The summed E-state index contributed by atoms with van der Waals surface area (Å²) in [6.07, 6.45) is -13.4. The monoisotopic (exact) mass is 1490 g/mol. The second kappa shape index (κ2) is 33.2. The quantitative estimate of drug-likeness (QED) is 0.0476. The van der Waals surface area contributed by atoms with Crippen LogP contribution in [-0.2, 0) is 77.6 Å². The van der Waals surface area contributed by atoms with Gasteiger partial charge in [0.1, 0.15) is 11.6 Å². The largest absolute Gasteiger partial charge is 0.481 e. The third-order valence-corrected chi connectivity index (χ3v) is 19.1. The van der Waals surface area contributed by atoms with Gasteiger partial charge in [0.05, 0.1) is 88.0 Å². The van der Waals surface area contributed by atoms with Crippen molar-refractivity contribution in [3.63, 3.8) is 0 Å². The maximum Gasteiger partial charge on any atom is 0.417 e. The number of pyridine rings is 2. The lowest BCUT2D eigenvalue weighted by molar-refractivity contribution is -0.149. The molecule has 0 spiro atoms. The van der Waals surface area contributed by atoms with Gasteiger partial charge in [0, 0.05) is 102 Å². The van der Waals surface area contributed by atoms with Gasteiger partial charge in [-0.1, -0.05) is 25.7 Å². The van der Waals surface area contributed by atoms with Crippen molar-refractivity contribution in [1.29, 1.82) is 0 Å². The average molecular weight is 1490 g/mol. The van der Waals surface area contributed by atoms with E-state index in [1.165, 1.54) is 34.6 Å². The summed E-state index contributed by atoms with van der Waals surface area (Å²) in [5, 5.41) is 9.32. The first-order chi connectivity index (χ1) is 48.9. The highest BCUT2D eigenvalue weighted by Crippen LogP contribution is 2.42. The van der Waals surface area contributed by atoms with Gasteiger partial charge in [0.2, 0.25) is 11.9 Å². The lowest BCUT2D eigenvalue weighted by Crippen LogP contribution is -2.37. The lowest BCUT2D eigenvalue weighted by Gasteiger charge is -2.32. The van der Waals surface area contributed by atoms with Crippen molar-refractivity contribution in [2.45, 2.75) is 161 Å². The van der Waals surface area contributed by atoms with Gasteiger partial charge in [0.25, 0.3) is 0 Å². The molecule has 34 heteroatoms. The SMILES string of the molecule is CCN(CC1CCCC1)c1ncc(C(F)(F)F)cc1CN(Cc1cc(C(F)(F)F)cc(C(F)(F)F)c1)c1ncc(N2CCC(C(=O)O)CC2)cn1.CCOC(=O)C1CCN(c2cnc(N(Cc3cc(C(F)(F)F)cc(C(F)(F)F)c3)Cc3cc(C(F)(F)F)cnc3N(CC)CC3CCCC3)nc2)CC1. The van der Waals surface area contributed by atoms with Crippen LogP contribution in [0.15, 0.2) is 85.7 Å². The number of anilines is 6. The molecule has 10 rings (SSSR count). The summed E-state index contributed by atoms with van der Waals surface area (Å²) in [5.74, 6) is -1.29. The number of carbonyl (C=O) groups excluding carboxylic acids is 1. The highest BCUT2D eigenvalue weighted by molar-refractivity contribution is 5.73. The first kappa shape index (κ1) is 79.5. The lowest BCUT2D eigenvalue weighted by atomic mass is 9.97. The Bertz CT molecular complexity index is 3760. The number of esters is 1. The number of benzene rings is 2. The van der Waals surface area contributed by atoms with E-state index in [0.717, 1.165) is 69.7 Å². The number of aliphatic carboxylic acids is 1. The van der Waals surface area contributed by atoms with Gasteiger partial charge < -0.3 is 39.2 Å². The smallest absolute Gasteiger partial charge is 0.417 e. The van der Waals surface area contributed by atoms with Crippen molar-refractivity contribution in [3.8, 4) is 0 Å². The van der Waals surface area contributed by atoms with Crippen molar-refractivity contribution in [2.24, 2.45) is 23.7 Å². The van der Waals surface area contributed by atoms with Gasteiger partial charge >= 0.3 is 49.0 Å². The zero-order valence-corrected chi connectivity index (χ0v) is 56.9. The Morgan fingerprint density at radius 2 is 0.731 bits per heavy atom. The minimum atomic E-state index is -5.12. The molecule has 16 nitrogen and oxygen atoms in total. The predicted octanol–water partition coefficient (Wildman–Crippen LogP) is 17.4. The Hall–Kier alpha value is -8.62. The van der Waals surface area contributed by atoms with Crippen molar-refractivity contribution >= 4 is 46.8 Å². The molecule has 6 heterocycles. The minimum absolute atomic E-state index is 0.00361. The molecule has 104 heavy (non-hydrogen) atoms. The number of piperidine rings is 2. The topological polar surface area (TPSA) is 160 Å². The molecule has 2 aromatic carbocycles. The van der Waals surface area contributed by atoms with E-state index in [2.05, 4.69) is 29.9 Å². The summed E-state index contributed by atoms with van der Waals surface area (Å²) >= 11 is 0. The summed E-state index contributed by atoms with van der Waals surface area (Å²) in [5.41, 5.74) is -7.95. The fraction of sp³-hybridized carbons (Fsp3) is 0.543. The Labute approximate surface area is 587 Å². The standard InChI is InChI=1S/C36H41F9N6O2.C34H37F9N6O2/c1-3-49(20-23-7-5-6-8-23)31-26(15-29(17-46-31)36(43,44)45)22-51(21-24-13-27(34(37,38)39)16-28(14-24)35(40,41)42)33-47-18-30(19-48-33)50-11-9-25(10-12-50)32(52)53-4-2;1-2-47(18-21-5-3-4-6-21)29-24(13-27(15-44-29)34(41,42)43)20-49(19-22-11-25(32(35,36)37)14-26(12-22)33(38,39)40)31-45-16-28(17-46-31)48-9-7-23(8-10-48)30(50)51/h13-19,23,25H,3-12,20-22H2,1-2H3;11-17,21,23H,2-10,18-20H2,1H3,(H,50,51). The molecule has 6 aromatic rings. The number of carbonyl (C=O) groups is 2. The van der Waals surface area contributed by atoms with Crippen LogP contribution in [0.5, 0.6) is 0 Å². The van der Waals surface area contributed by atoms with Crippen molar-refractivity contribution < 1.29 is 98.5 Å². The Morgan fingerprint density at radius 1 is 0.413 bits per heavy atom. The zero-order chi connectivity index (χ0) is 75.7. The third-order valence-electron chi connectivity index (χ3n) is 19.1. The molecule has 2 saturated heterocycles. The molecular formula is C70H78F18N12O4. The van der Waals surface area contributed by atoms with E-state index in [0.29, 0.717) is 120 Å². The van der Waals surface area contributed by atoms with Crippen molar-refractivity contribution in [1.82, 2.24) is 29.9 Å². The summed E-state index contributed by atoms with van der Waals surface area (Å²) in [6.45, 7) is 7.02. The Balaban J connectivity index is 0.000000241. The normalized spacial score (nSPS) is 16.4. The molecule has 2 aliphatic carbocycles. The highest BCUT2D eigenvalue weighted by Gasteiger charge is 2.41. The number of aromatic nitrogens is 6. The minimum Gasteiger partial charge on any atom is -0.481 e. The molecule has 0 unspecified atom stereocenters. The van der Waals surface area contributed by atoms with Crippen LogP contribution in [0, 0.1) is 23.7 Å². The molecule has 2 aliphatic heterocycles. The maximum atomic E-state index is 14.0. The summed E-state index contributed by atoms with van der Waals surface area (Å²) in [4.78, 5) is 59.4. The molecular weight excluding hydrogens is 1410 g/mol. The van der Waals surface area contributed by atoms with Crippen molar-refractivity contribution in [2.75, 3.05) is 88.4 Å². The van der Waals surface area contributed by atoms with Crippen LogP contribution in [0.3, 0.4) is 0 Å². The van der Waals surface area contributed by atoms with Gasteiger partial charge in [-0.15, -0.1) is 0 Å². The van der Waals surface area contributed by atoms with Crippen LogP contribution in [0.25, 0.3) is 0 Å². The van der Waals surface area contributed by atoms with E-state index in [9.17, 15) is 93.7 Å². The van der Waals surface area contributed by atoms with Gasteiger partial charge in [-0.25, -0.2) is 29.9 Å². The Morgan fingerprint density at radius 3 is 1.02 bits per heavy atom. The molecule has 2 saturated carbocycles. The fourth-order valence-corrected chi connectivity index (χ4v) is 13.6. The summed E-state index contributed by atoms with van der Waals surface area (Å²) < 4.78 is 255. The van der Waals surface area contributed by atoms with Gasteiger partial charge in [-0.3, -0.25) is 9.59 Å². The number of halogens is 18. The summed E-state index contributed by atoms with van der Waals surface area (Å²) in [7, 11) is 0. The number of alkyl halides is 18. The van der Waals surface area contributed by atoms with Crippen LogP contribution in [0.1, 0.15) is 153 Å². The number of carboxylic acids is 1. The molecule has 4 aromatic heterocycles. The van der Waals surface area contributed by atoms with E-state index in [1.54, 1.807) is 6.92 Å². The molecule has 0 amide bonds. The molecule has 0 radical (unpaired) electrons.